The van der Waals surface area contributed by atoms with Gasteiger partial charge in [-0.1, -0.05) is 12.1 Å². The molecule has 1 unspecified atom stereocenters. The molecule has 18 heavy (non-hydrogen) atoms. The van der Waals surface area contributed by atoms with Gasteiger partial charge in [0.2, 0.25) is 10.0 Å². The van der Waals surface area contributed by atoms with Gasteiger partial charge >= 0.3 is 0 Å². The minimum atomic E-state index is -3.48. The van der Waals surface area contributed by atoms with Gasteiger partial charge in [0.1, 0.15) is 0 Å². The number of rotatable bonds is 6. The van der Waals surface area contributed by atoms with Crippen LogP contribution in [0.25, 0.3) is 0 Å². The molecule has 1 atom stereocenters. The Morgan fingerprint density at radius 2 is 2.00 bits per heavy atom. The summed E-state index contributed by atoms with van der Waals surface area (Å²) in [5, 5.41) is 8.52. The number of nitrogens with one attached hydrogen (secondary N) is 1. The van der Waals surface area contributed by atoms with Gasteiger partial charge in [-0.2, -0.15) is 5.26 Å². The summed E-state index contributed by atoms with van der Waals surface area (Å²) in [6.45, 7) is 2.14. The summed E-state index contributed by atoms with van der Waals surface area (Å²) in [6, 6.07) is 8.26. The van der Waals surface area contributed by atoms with E-state index in [1.807, 2.05) is 13.0 Å². The maximum atomic E-state index is 11.9. The van der Waals surface area contributed by atoms with Crippen LogP contribution in [0.1, 0.15) is 18.9 Å². The number of hydrogen-bond acceptors (Lipinski definition) is 4. The highest BCUT2D eigenvalue weighted by Gasteiger charge is 2.13. The number of sulfonamides is 1. The Morgan fingerprint density at radius 1 is 1.39 bits per heavy atom. The normalized spacial score (nSPS) is 12.9. The average molecular weight is 267 g/mol. The molecule has 0 aliphatic heterocycles. The van der Waals surface area contributed by atoms with Crippen molar-refractivity contribution in [2.24, 2.45) is 5.73 Å². The average Bonchev–Trinajstić information content (AvgIpc) is 2.29. The molecule has 3 N–H and O–H groups in total. The van der Waals surface area contributed by atoms with Crippen molar-refractivity contribution in [3.05, 3.63) is 29.8 Å². The maximum Gasteiger partial charge on any atom is 0.240 e. The number of nitrogens with two attached hydrogens (primary N) is 1. The lowest BCUT2D eigenvalue weighted by Gasteiger charge is -2.08. The molecule has 0 aromatic heterocycles. The van der Waals surface area contributed by atoms with Gasteiger partial charge in [-0.05, 0) is 31.0 Å². The first kappa shape index (κ1) is 14.6. The standard InChI is InChI=1S/C12H17N3O2S/c1-10(14)7-9-15-18(16,17)12-4-2-11(3-5-12)6-8-13/h2-5,10,15H,6-7,9,14H2,1H3. The molecule has 1 aromatic carbocycles. The molecule has 0 aliphatic rings. The van der Waals surface area contributed by atoms with E-state index in [4.69, 9.17) is 11.0 Å². The van der Waals surface area contributed by atoms with Gasteiger partial charge in [0, 0.05) is 12.6 Å². The van der Waals surface area contributed by atoms with Crippen LogP contribution in [-0.4, -0.2) is 21.0 Å². The van der Waals surface area contributed by atoms with Crippen LogP contribution in [0, 0.1) is 11.3 Å². The summed E-state index contributed by atoms with van der Waals surface area (Å²) in [7, 11) is -3.48. The van der Waals surface area contributed by atoms with Crippen LogP contribution in [0.15, 0.2) is 29.2 Å². The third-order valence-corrected chi connectivity index (χ3v) is 3.89. The van der Waals surface area contributed by atoms with E-state index >= 15 is 0 Å². The van der Waals surface area contributed by atoms with Gasteiger partial charge in [0.25, 0.3) is 0 Å². The zero-order valence-corrected chi connectivity index (χ0v) is 11.1. The molecular weight excluding hydrogens is 250 g/mol. The molecule has 0 saturated carbocycles. The summed E-state index contributed by atoms with van der Waals surface area (Å²) in [6.07, 6.45) is 0.865. The van der Waals surface area contributed by atoms with E-state index in [2.05, 4.69) is 4.72 Å². The molecule has 1 aromatic rings. The quantitative estimate of drug-likeness (QED) is 0.795. The monoisotopic (exact) mass is 267 g/mol. The first-order valence-corrected chi connectivity index (χ1v) is 7.15. The van der Waals surface area contributed by atoms with Crippen LogP contribution >= 0.6 is 0 Å². The second-order valence-electron chi connectivity index (χ2n) is 4.14. The van der Waals surface area contributed by atoms with Gasteiger partial charge in [-0.3, -0.25) is 0 Å². The minimum Gasteiger partial charge on any atom is -0.328 e. The minimum absolute atomic E-state index is 0.0364. The van der Waals surface area contributed by atoms with E-state index < -0.39 is 10.0 Å². The second kappa shape index (κ2) is 6.50. The molecule has 0 bridgehead atoms. The molecule has 0 spiro atoms. The largest absolute Gasteiger partial charge is 0.328 e. The number of benzene rings is 1. The molecule has 0 heterocycles. The van der Waals surface area contributed by atoms with Crippen LogP contribution in [0.3, 0.4) is 0 Å². The fourth-order valence-electron chi connectivity index (χ4n) is 1.38. The zero-order chi connectivity index (χ0) is 13.6. The highest BCUT2D eigenvalue weighted by atomic mass is 32.2. The van der Waals surface area contributed by atoms with E-state index in [1.54, 1.807) is 12.1 Å². The van der Waals surface area contributed by atoms with Crippen LogP contribution in [0.2, 0.25) is 0 Å². The van der Waals surface area contributed by atoms with Gasteiger partial charge < -0.3 is 5.73 Å². The predicted molar refractivity (Wildman–Crippen MR) is 69.2 cm³/mol. The number of nitrogens with zero attached hydrogens (tertiary/aromatic N) is 1. The molecule has 1 rings (SSSR count). The Balaban J connectivity index is 2.70. The third kappa shape index (κ3) is 4.45. The Hall–Kier alpha value is -1.42. The van der Waals surface area contributed by atoms with Gasteiger partial charge in [0.15, 0.2) is 0 Å². The topological polar surface area (TPSA) is 96.0 Å². The smallest absolute Gasteiger partial charge is 0.240 e. The van der Waals surface area contributed by atoms with Crippen molar-refractivity contribution in [1.82, 2.24) is 4.72 Å². The van der Waals surface area contributed by atoms with Crippen LogP contribution in [-0.2, 0) is 16.4 Å². The van der Waals surface area contributed by atoms with E-state index in [0.717, 1.165) is 5.56 Å². The molecule has 6 heteroatoms. The molecule has 0 aliphatic carbocycles. The maximum absolute atomic E-state index is 11.9. The van der Waals surface area contributed by atoms with E-state index in [-0.39, 0.29) is 17.4 Å². The SMILES string of the molecule is CC(N)CCNS(=O)(=O)c1ccc(CC#N)cc1. The third-order valence-electron chi connectivity index (χ3n) is 2.41. The number of hydrogen-bond donors (Lipinski definition) is 2. The van der Waals surface area contributed by atoms with Crippen LogP contribution < -0.4 is 10.5 Å². The lowest BCUT2D eigenvalue weighted by atomic mass is 10.2. The summed E-state index contributed by atoms with van der Waals surface area (Å²) in [5.41, 5.74) is 6.35. The predicted octanol–water partition coefficient (Wildman–Crippen LogP) is 0.768. The lowest BCUT2D eigenvalue weighted by Crippen LogP contribution is -2.29. The van der Waals surface area contributed by atoms with Crippen molar-refractivity contribution in [3.63, 3.8) is 0 Å². The number of nitriles is 1. The fourth-order valence-corrected chi connectivity index (χ4v) is 2.43. The van der Waals surface area contributed by atoms with Crippen molar-refractivity contribution in [2.75, 3.05) is 6.54 Å². The lowest BCUT2D eigenvalue weighted by molar-refractivity contribution is 0.572. The Labute approximate surface area is 108 Å². The van der Waals surface area contributed by atoms with E-state index in [0.29, 0.717) is 13.0 Å². The molecule has 98 valence electrons. The summed E-state index contributed by atoms with van der Waals surface area (Å²) in [5.74, 6) is 0. The van der Waals surface area contributed by atoms with Crippen LogP contribution in [0.4, 0.5) is 0 Å². The van der Waals surface area contributed by atoms with Crippen LogP contribution in [0.5, 0.6) is 0 Å². The Kier molecular flexibility index (Phi) is 5.28. The molecule has 5 nitrogen and oxygen atoms in total. The molecule has 0 radical (unpaired) electrons. The van der Waals surface area contributed by atoms with Crippen molar-refractivity contribution in [1.29, 1.82) is 5.26 Å². The van der Waals surface area contributed by atoms with Gasteiger partial charge in [-0.15, -0.1) is 0 Å². The van der Waals surface area contributed by atoms with E-state index in [9.17, 15) is 8.42 Å². The highest BCUT2D eigenvalue weighted by Crippen LogP contribution is 2.10. The Bertz CT molecular complexity index is 515. The summed E-state index contributed by atoms with van der Waals surface area (Å²) in [4.78, 5) is 0.203. The van der Waals surface area contributed by atoms with Crippen molar-refractivity contribution < 1.29 is 8.42 Å². The first-order valence-electron chi connectivity index (χ1n) is 5.67. The Morgan fingerprint density at radius 3 is 2.50 bits per heavy atom. The summed E-state index contributed by atoms with van der Waals surface area (Å²) < 4.78 is 26.2. The molecule has 0 saturated heterocycles. The first-order chi connectivity index (χ1) is 8.45. The highest BCUT2D eigenvalue weighted by molar-refractivity contribution is 7.89. The molecular formula is C12H17N3O2S. The van der Waals surface area contributed by atoms with Gasteiger partial charge in [0.05, 0.1) is 17.4 Å². The van der Waals surface area contributed by atoms with Crippen molar-refractivity contribution in [2.45, 2.75) is 30.7 Å². The van der Waals surface area contributed by atoms with Crippen molar-refractivity contribution in [3.8, 4) is 6.07 Å². The van der Waals surface area contributed by atoms with Crippen molar-refractivity contribution >= 4 is 10.0 Å². The zero-order valence-electron chi connectivity index (χ0n) is 10.3. The fraction of sp³-hybridized carbons (Fsp3) is 0.417. The summed E-state index contributed by atoms with van der Waals surface area (Å²) >= 11 is 0. The van der Waals surface area contributed by atoms with Gasteiger partial charge in [-0.25, -0.2) is 13.1 Å². The second-order valence-corrected chi connectivity index (χ2v) is 5.91. The molecule has 0 fully saturated rings. The molecule has 0 amide bonds. The van der Waals surface area contributed by atoms with E-state index in [1.165, 1.54) is 12.1 Å².